The summed E-state index contributed by atoms with van der Waals surface area (Å²) in [7, 11) is 1.85. The van der Waals surface area contributed by atoms with Crippen molar-refractivity contribution in [3.05, 3.63) is 70.5 Å². The molecule has 0 aliphatic rings. The molecule has 0 bridgehead atoms. The van der Waals surface area contributed by atoms with E-state index < -0.39 is 0 Å². The summed E-state index contributed by atoms with van der Waals surface area (Å²) < 4.78 is 1.73. The summed E-state index contributed by atoms with van der Waals surface area (Å²) in [5.74, 6) is -0.122. The minimum Gasteiger partial charge on any atom is -0.322 e. The molecule has 1 N–H and O–H groups in total. The van der Waals surface area contributed by atoms with Crippen LogP contribution >= 0.6 is 11.8 Å². The zero-order valence-electron chi connectivity index (χ0n) is 15.8. The second-order valence-corrected chi connectivity index (χ2v) is 7.63. The standard InChI is InChI=1S/C21H23N3OS/c1-13-6-11-19(14(2)12-13)26-18-9-7-17(8-10-18)22-21(25)20-15(3)23-24(5)16(20)4/h6-12H,1-5H3,(H,22,25). The van der Waals surface area contributed by atoms with Crippen LogP contribution in [0.4, 0.5) is 5.69 Å². The van der Waals surface area contributed by atoms with Gasteiger partial charge in [0.25, 0.3) is 5.91 Å². The zero-order chi connectivity index (χ0) is 18.8. The van der Waals surface area contributed by atoms with Crippen LogP contribution in [-0.4, -0.2) is 15.7 Å². The lowest BCUT2D eigenvalue weighted by molar-refractivity contribution is 0.102. The van der Waals surface area contributed by atoms with Crippen LogP contribution in [0.1, 0.15) is 32.9 Å². The minimum absolute atomic E-state index is 0.122. The maximum Gasteiger partial charge on any atom is 0.259 e. The molecule has 1 aromatic heterocycles. The molecule has 0 fully saturated rings. The summed E-state index contributed by atoms with van der Waals surface area (Å²) in [6.07, 6.45) is 0. The summed E-state index contributed by atoms with van der Waals surface area (Å²) in [6, 6.07) is 14.4. The van der Waals surface area contributed by atoms with E-state index in [0.29, 0.717) is 5.56 Å². The summed E-state index contributed by atoms with van der Waals surface area (Å²) >= 11 is 1.73. The number of nitrogens with zero attached hydrogens (tertiary/aromatic N) is 2. The number of aromatic nitrogens is 2. The maximum atomic E-state index is 12.6. The molecule has 0 saturated heterocycles. The first-order chi connectivity index (χ1) is 12.3. The third-order valence-corrected chi connectivity index (χ3v) is 5.59. The molecule has 4 nitrogen and oxygen atoms in total. The molecule has 0 aliphatic heterocycles. The van der Waals surface area contributed by atoms with Gasteiger partial charge < -0.3 is 5.32 Å². The molecule has 1 amide bonds. The Morgan fingerprint density at radius 1 is 1.04 bits per heavy atom. The van der Waals surface area contributed by atoms with Gasteiger partial charge in [0.1, 0.15) is 0 Å². The van der Waals surface area contributed by atoms with Crippen molar-refractivity contribution in [1.29, 1.82) is 0 Å². The van der Waals surface area contributed by atoms with Gasteiger partial charge in [-0.15, -0.1) is 0 Å². The van der Waals surface area contributed by atoms with Crippen LogP contribution in [0.2, 0.25) is 0 Å². The van der Waals surface area contributed by atoms with Crippen LogP contribution in [0.3, 0.4) is 0 Å². The van der Waals surface area contributed by atoms with Gasteiger partial charge in [-0.1, -0.05) is 29.5 Å². The van der Waals surface area contributed by atoms with Gasteiger partial charge >= 0.3 is 0 Å². The lowest BCUT2D eigenvalue weighted by Gasteiger charge is -2.09. The van der Waals surface area contributed by atoms with E-state index in [-0.39, 0.29) is 5.91 Å². The predicted molar refractivity (Wildman–Crippen MR) is 107 cm³/mol. The second-order valence-electron chi connectivity index (χ2n) is 6.52. The van der Waals surface area contributed by atoms with Crippen molar-refractivity contribution in [1.82, 2.24) is 9.78 Å². The summed E-state index contributed by atoms with van der Waals surface area (Å²) in [4.78, 5) is 14.9. The maximum absolute atomic E-state index is 12.6. The zero-order valence-corrected chi connectivity index (χ0v) is 16.6. The Balaban J connectivity index is 1.72. The number of nitrogens with one attached hydrogen (secondary N) is 1. The van der Waals surface area contributed by atoms with Crippen LogP contribution in [0.5, 0.6) is 0 Å². The summed E-state index contributed by atoms with van der Waals surface area (Å²) in [5, 5.41) is 7.26. The normalized spacial score (nSPS) is 10.8. The number of rotatable bonds is 4. The molecule has 0 saturated carbocycles. The Bertz CT molecular complexity index is 958. The number of amides is 1. The molecular weight excluding hydrogens is 342 g/mol. The monoisotopic (exact) mass is 365 g/mol. The third kappa shape index (κ3) is 3.83. The molecule has 2 aromatic carbocycles. The van der Waals surface area contributed by atoms with Crippen molar-refractivity contribution in [2.45, 2.75) is 37.5 Å². The number of hydrogen-bond donors (Lipinski definition) is 1. The van der Waals surface area contributed by atoms with E-state index in [1.54, 1.807) is 16.4 Å². The highest BCUT2D eigenvalue weighted by Gasteiger charge is 2.17. The van der Waals surface area contributed by atoms with Crippen LogP contribution in [0.15, 0.2) is 52.3 Å². The molecule has 0 aliphatic carbocycles. The van der Waals surface area contributed by atoms with Crippen LogP contribution < -0.4 is 5.32 Å². The van der Waals surface area contributed by atoms with Gasteiger partial charge in [0.2, 0.25) is 0 Å². The molecule has 0 unspecified atom stereocenters. The molecule has 3 aromatic rings. The van der Waals surface area contributed by atoms with E-state index in [9.17, 15) is 4.79 Å². The van der Waals surface area contributed by atoms with Gasteiger partial charge in [-0.3, -0.25) is 9.48 Å². The van der Waals surface area contributed by atoms with Gasteiger partial charge in [0.15, 0.2) is 0 Å². The first-order valence-corrected chi connectivity index (χ1v) is 9.33. The van der Waals surface area contributed by atoms with E-state index in [4.69, 9.17) is 0 Å². The van der Waals surface area contributed by atoms with E-state index in [2.05, 4.69) is 42.5 Å². The molecule has 0 radical (unpaired) electrons. The first kappa shape index (κ1) is 18.3. The Kier molecular flexibility index (Phi) is 5.18. The van der Waals surface area contributed by atoms with E-state index >= 15 is 0 Å². The SMILES string of the molecule is Cc1ccc(Sc2ccc(NC(=O)c3c(C)nn(C)c3C)cc2)c(C)c1. The molecule has 1 heterocycles. The fraction of sp³-hybridized carbons (Fsp3) is 0.238. The Morgan fingerprint density at radius 3 is 2.31 bits per heavy atom. The number of anilines is 1. The van der Waals surface area contributed by atoms with Crippen LogP contribution in [-0.2, 0) is 7.05 Å². The summed E-state index contributed by atoms with van der Waals surface area (Å²) in [6.45, 7) is 7.98. The van der Waals surface area contributed by atoms with E-state index in [0.717, 1.165) is 22.0 Å². The highest BCUT2D eigenvalue weighted by Crippen LogP contribution is 2.31. The molecule has 0 spiro atoms. The number of aryl methyl sites for hydroxylation is 4. The highest BCUT2D eigenvalue weighted by atomic mass is 32.2. The predicted octanol–water partition coefficient (Wildman–Crippen LogP) is 5.06. The average Bonchev–Trinajstić information content (AvgIpc) is 2.84. The number of hydrogen-bond acceptors (Lipinski definition) is 3. The number of carbonyl (C=O) groups is 1. The lowest BCUT2D eigenvalue weighted by Crippen LogP contribution is -2.14. The first-order valence-electron chi connectivity index (χ1n) is 8.52. The highest BCUT2D eigenvalue weighted by molar-refractivity contribution is 7.99. The van der Waals surface area contributed by atoms with Gasteiger partial charge in [-0.25, -0.2) is 0 Å². The van der Waals surface area contributed by atoms with Gasteiger partial charge in [-0.2, -0.15) is 5.10 Å². The van der Waals surface area contributed by atoms with Crippen molar-refractivity contribution in [2.75, 3.05) is 5.32 Å². The molecular formula is C21H23N3OS. The van der Waals surface area contributed by atoms with Gasteiger partial charge in [0, 0.05) is 28.2 Å². The van der Waals surface area contributed by atoms with E-state index in [1.807, 2.05) is 45.2 Å². The lowest BCUT2D eigenvalue weighted by atomic mass is 10.2. The molecule has 134 valence electrons. The molecule has 3 rings (SSSR count). The van der Waals surface area contributed by atoms with Crippen molar-refractivity contribution in [3.8, 4) is 0 Å². The van der Waals surface area contributed by atoms with Crippen molar-refractivity contribution >= 4 is 23.4 Å². The summed E-state index contributed by atoms with van der Waals surface area (Å²) in [5.41, 5.74) is 5.57. The average molecular weight is 366 g/mol. The van der Waals surface area contributed by atoms with Gasteiger partial charge in [-0.05, 0) is 63.6 Å². The van der Waals surface area contributed by atoms with Crippen molar-refractivity contribution in [2.24, 2.45) is 7.05 Å². The Morgan fingerprint density at radius 2 is 1.73 bits per heavy atom. The van der Waals surface area contributed by atoms with Crippen LogP contribution in [0.25, 0.3) is 0 Å². The second kappa shape index (κ2) is 7.38. The van der Waals surface area contributed by atoms with Crippen molar-refractivity contribution in [3.63, 3.8) is 0 Å². The van der Waals surface area contributed by atoms with Gasteiger partial charge in [0.05, 0.1) is 11.3 Å². The largest absolute Gasteiger partial charge is 0.322 e. The molecule has 5 heteroatoms. The minimum atomic E-state index is -0.122. The number of carbonyl (C=O) groups excluding carboxylic acids is 1. The quantitative estimate of drug-likeness (QED) is 0.703. The molecule has 0 atom stereocenters. The smallest absolute Gasteiger partial charge is 0.259 e. The third-order valence-electron chi connectivity index (χ3n) is 4.41. The molecule has 26 heavy (non-hydrogen) atoms. The fourth-order valence-corrected chi connectivity index (χ4v) is 3.83. The Hall–Kier alpha value is -2.53. The Labute approximate surface area is 158 Å². The fourth-order valence-electron chi connectivity index (χ4n) is 2.94. The topological polar surface area (TPSA) is 46.9 Å². The number of benzene rings is 2. The van der Waals surface area contributed by atoms with Crippen molar-refractivity contribution < 1.29 is 4.79 Å². The van der Waals surface area contributed by atoms with Crippen LogP contribution in [0, 0.1) is 27.7 Å². The van der Waals surface area contributed by atoms with E-state index in [1.165, 1.54) is 16.0 Å².